The van der Waals surface area contributed by atoms with Gasteiger partial charge in [0.2, 0.25) is 10.0 Å². The molecule has 2 aromatic rings. The Bertz CT molecular complexity index is 999. The van der Waals surface area contributed by atoms with E-state index in [1.807, 2.05) is 45.9 Å². The molecule has 1 aliphatic heterocycles. The third kappa shape index (κ3) is 4.22. The topological polar surface area (TPSA) is 66.5 Å². The Morgan fingerprint density at radius 1 is 1.04 bits per heavy atom. The van der Waals surface area contributed by atoms with Crippen LogP contribution in [0.1, 0.15) is 58.4 Å². The third-order valence-corrected chi connectivity index (χ3v) is 7.18. The lowest BCUT2D eigenvalue weighted by molar-refractivity contribution is 0.0940. The molecule has 150 valence electrons. The van der Waals surface area contributed by atoms with E-state index in [1.165, 1.54) is 9.87 Å². The van der Waals surface area contributed by atoms with Crippen LogP contribution in [-0.4, -0.2) is 26.6 Å². The zero-order valence-electron chi connectivity index (χ0n) is 17.0. The summed E-state index contributed by atoms with van der Waals surface area (Å²) in [5, 5.41) is 3.04. The third-order valence-electron chi connectivity index (χ3n) is 5.33. The van der Waals surface area contributed by atoms with Crippen molar-refractivity contribution < 1.29 is 13.2 Å². The molecule has 0 aliphatic carbocycles. The lowest BCUT2D eigenvalue weighted by atomic mass is 10.00. The van der Waals surface area contributed by atoms with Crippen molar-refractivity contribution >= 4 is 21.6 Å². The summed E-state index contributed by atoms with van der Waals surface area (Å²) in [6.45, 7) is 8.38. The molecular weight excluding hydrogens is 372 g/mol. The van der Waals surface area contributed by atoms with E-state index in [0.717, 1.165) is 23.1 Å². The molecule has 1 heterocycles. The van der Waals surface area contributed by atoms with E-state index in [0.29, 0.717) is 24.2 Å². The quantitative estimate of drug-likeness (QED) is 0.842. The van der Waals surface area contributed by atoms with Crippen LogP contribution in [0.25, 0.3) is 0 Å². The number of benzene rings is 2. The number of carbonyl (C=O) groups excluding carboxylic acids is 1. The van der Waals surface area contributed by atoms with Gasteiger partial charge in [-0.1, -0.05) is 29.8 Å². The van der Waals surface area contributed by atoms with Crippen LogP contribution in [0.3, 0.4) is 0 Å². The smallest absolute Gasteiger partial charge is 0.251 e. The maximum atomic E-state index is 12.8. The summed E-state index contributed by atoms with van der Waals surface area (Å²) in [6.07, 6.45) is 1.52. The normalized spacial score (nSPS) is 17.2. The van der Waals surface area contributed by atoms with E-state index in [-0.39, 0.29) is 17.7 Å². The highest BCUT2D eigenvalue weighted by Gasteiger charge is 2.27. The largest absolute Gasteiger partial charge is 0.346 e. The predicted octanol–water partition coefficient (Wildman–Crippen LogP) is 4.03. The number of hydrogen-bond acceptors (Lipinski definition) is 3. The minimum absolute atomic E-state index is 0.142. The van der Waals surface area contributed by atoms with Gasteiger partial charge >= 0.3 is 0 Å². The molecule has 1 saturated heterocycles. The van der Waals surface area contributed by atoms with Gasteiger partial charge in [0.25, 0.3) is 5.91 Å². The fourth-order valence-corrected chi connectivity index (χ4v) is 5.44. The van der Waals surface area contributed by atoms with Crippen LogP contribution in [-0.2, 0) is 10.0 Å². The Morgan fingerprint density at radius 3 is 2.46 bits per heavy atom. The second kappa shape index (κ2) is 7.95. The average molecular weight is 401 g/mol. The molecule has 0 aromatic heterocycles. The van der Waals surface area contributed by atoms with Crippen LogP contribution in [0.4, 0.5) is 5.69 Å². The van der Waals surface area contributed by atoms with Gasteiger partial charge in [-0.15, -0.1) is 0 Å². The first-order chi connectivity index (χ1) is 13.2. The van der Waals surface area contributed by atoms with Gasteiger partial charge in [0, 0.05) is 12.1 Å². The van der Waals surface area contributed by atoms with Crippen LogP contribution >= 0.6 is 0 Å². The van der Waals surface area contributed by atoms with E-state index < -0.39 is 10.0 Å². The molecule has 2 aromatic carbocycles. The highest BCUT2D eigenvalue weighted by molar-refractivity contribution is 7.92. The number of anilines is 1. The van der Waals surface area contributed by atoms with Gasteiger partial charge in [-0.3, -0.25) is 9.10 Å². The van der Waals surface area contributed by atoms with Gasteiger partial charge in [0.15, 0.2) is 0 Å². The van der Waals surface area contributed by atoms with Gasteiger partial charge < -0.3 is 5.32 Å². The molecule has 1 atom stereocenters. The molecule has 6 heteroatoms. The van der Waals surface area contributed by atoms with Gasteiger partial charge in [-0.05, 0) is 69.4 Å². The van der Waals surface area contributed by atoms with Gasteiger partial charge in [0.05, 0.1) is 17.5 Å². The van der Waals surface area contributed by atoms with Crippen molar-refractivity contribution in [2.45, 2.75) is 46.6 Å². The number of hydrogen-bond donors (Lipinski definition) is 1. The molecule has 0 spiro atoms. The first kappa shape index (κ1) is 20.4. The molecule has 1 aliphatic rings. The summed E-state index contributed by atoms with van der Waals surface area (Å²) in [5.41, 5.74) is 5.32. The highest BCUT2D eigenvalue weighted by atomic mass is 32.2. The first-order valence-electron chi connectivity index (χ1n) is 9.68. The fraction of sp³-hybridized carbons (Fsp3) is 0.409. The van der Waals surface area contributed by atoms with E-state index >= 15 is 0 Å². The van der Waals surface area contributed by atoms with Crippen molar-refractivity contribution in [1.82, 2.24) is 5.32 Å². The number of nitrogens with zero attached hydrogens (tertiary/aromatic N) is 1. The summed E-state index contributed by atoms with van der Waals surface area (Å²) in [7, 11) is -3.32. The number of aryl methyl sites for hydroxylation is 3. The van der Waals surface area contributed by atoms with Crippen molar-refractivity contribution in [2.75, 3.05) is 16.6 Å². The average Bonchev–Trinajstić information content (AvgIpc) is 2.62. The highest BCUT2D eigenvalue weighted by Crippen LogP contribution is 2.28. The van der Waals surface area contributed by atoms with Crippen molar-refractivity contribution in [1.29, 1.82) is 0 Å². The van der Waals surface area contributed by atoms with E-state index in [9.17, 15) is 13.2 Å². The number of amides is 1. The Kier molecular flexibility index (Phi) is 5.79. The van der Waals surface area contributed by atoms with Crippen LogP contribution in [0, 0.1) is 20.8 Å². The molecule has 28 heavy (non-hydrogen) atoms. The van der Waals surface area contributed by atoms with Crippen molar-refractivity contribution in [3.05, 3.63) is 64.2 Å². The van der Waals surface area contributed by atoms with Crippen LogP contribution < -0.4 is 9.62 Å². The lowest BCUT2D eigenvalue weighted by Crippen LogP contribution is -2.38. The van der Waals surface area contributed by atoms with Crippen LogP contribution in [0.15, 0.2) is 36.4 Å². The number of nitrogens with one attached hydrogen (secondary N) is 1. The van der Waals surface area contributed by atoms with E-state index in [1.54, 1.807) is 12.1 Å². The number of rotatable bonds is 4. The molecule has 0 saturated carbocycles. The first-order valence-corrected chi connectivity index (χ1v) is 11.3. The second-order valence-corrected chi connectivity index (χ2v) is 9.66. The molecule has 5 nitrogen and oxygen atoms in total. The lowest BCUT2D eigenvalue weighted by Gasteiger charge is -2.30. The Hall–Kier alpha value is -2.34. The van der Waals surface area contributed by atoms with Crippen LogP contribution in [0.2, 0.25) is 0 Å². The summed E-state index contributed by atoms with van der Waals surface area (Å²) < 4.78 is 26.4. The van der Waals surface area contributed by atoms with Crippen LogP contribution in [0.5, 0.6) is 0 Å². The van der Waals surface area contributed by atoms with Gasteiger partial charge in [-0.25, -0.2) is 8.42 Å². The van der Waals surface area contributed by atoms with E-state index in [4.69, 9.17) is 0 Å². The molecule has 3 rings (SSSR count). The van der Waals surface area contributed by atoms with Gasteiger partial charge in [-0.2, -0.15) is 0 Å². The molecule has 1 amide bonds. The van der Waals surface area contributed by atoms with Crippen molar-refractivity contribution in [3.8, 4) is 0 Å². The summed E-state index contributed by atoms with van der Waals surface area (Å²) in [6, 6.07) is 11.3. The SMILES string of the molecule is Cc1ccc([C@@H](C)NC(=O)c2ccc(C)c(N3CCCCS3(=O)=O)c2)c(C)c1. The Labute approximate surface area is 167 Å². The maximum absolute atomic E-state index is 12.8. The number of carbonyl (C=O) groups is 1. The van der Waals surface area contributed by atoms with Crippen molar-refractivity contribution in [2.24, 2.45) is 0 Å². The minimum Gasteiger partial charge on any atom is -0.346 e. The standard InChI is InChI=1S/C22H28N2O3S/c1-15-7-10-20(17(3)13-15)18(4)23-22(25)19-9-8-16(2)21(14-19)24-11-5-6-12-28(24,26)27/h7-10,13-14,18H,5-6,11-12H2,1-4H3,(H,23,25)/t18-/m1/s1. The second-order valence-electron chi connectivity index (χ2n) is 7.65. The summed E-state index contributed by atoms with van der Waals surface area (Å²) in [4.78, 5) is 12.8. The maximum Gasteiger partial charge on any atom is 0.251 e. The molecule has 0 bridgehead atoms. The zero-order valence-corrected chi connectivity index (χ0v) is 17.8. The monoisotopic (exact) mass is 400 g/mol. The molecule has 0 unspecified atom stereocenters. The van der Waals surface area contributed by atoms with Crippen molar-refractivity contribution in [3.63, 3.8) is 0 Å². The summed E-state index contributed by atoms with van der Waals surface area (Å²) in [5.74, 6) is -0.0461. The molecule has 1 fully saturated rings. The fourth-order valence-electron chi connectivity index (χ4n) is 3.75. The Balaban J connectivity index is 1.84. The predicted molar refractivity (Wildman–Crippen MR) is 113 cm³/mol. The summed E-state index contributed by atoms with van der Waals surface area (Å²) >= 11 is 0. The van der Waals surface area contributed by atoms with E-state index in [2.05, 4.69) is 11.4 Å². The molecular formula is C22H28N2O3S. The number of sulfonamides is 1. The Morgan fingerprint density at radius 2 is 1.79 bits per heavy atom. The minimum atomic E-state index is -3.32. The molecule has 0 radical (unpaired) electrons. The molecule has 1 N–H and O–H groups in total. The van der Waals surface area contributed by atoms with Gasteiger partial charge in [0.1, 0.15) is 0 Å². The zero-order chi connectivity index (χ0) is 20.5.